The minimum absolute atomic E-state index is 0.0631. The quantitative estimate of drug-likeness (QED) is 0.109. The predicted octanol–water partition coefficient (Wildman–Crippen LogP) is 9.98. The Kier molecular flexibility index (Phi) is 7.94. The van der Waals surface area contributed by atoms with E-state index in [0.29, 0.717) is 32.1 Å². The Morgan fingerprint density at radius 1 is 0.817 bits per heavy atom. The summed E-state index contributed by atoms with van der Waals surface area (Å²) in [6.45, 7) is 11.0. The number of thiophene rings is 1. The highest BCUT2D eigenvalue weighted by atomic mass is 32.1. The number of benzene rings is 3. The van der Waals surface area contributed by atoms with Gasteiger partial charge in [-0.3, -0.25) is 14.4 Å². The molecule has 1 aliphatic heterocycles. The average Bonchev–Trinajstić information content (AvgIpc) is 3.89. The fourth-order valence-corrected chi connectivity index (χ4v) is 16.0. The van der Waals surface area contributed by atoms with Crippen LogP contribution in [0.1, 0.15) is 108 Å². The van der Waals surface area contributed by atoms with Crippen LogP contribution in [0.3, 0.4) is 0 Å². The van der Waals surface area contributed by atoms with Crippen molar-refractivity contribution in [1.29, 1.82) is 0 Å². The van der Waals surface area contributed by atoms with Gasteiger partial charge < -0.3 is 19.8 Å². The van der Waals surface area contributed by atoms with Crippen LogP contribution in [0.15, 0.2) is 96.6 Å². The third kappa shape index (κ3) is 4.56. The molecule has 2 heterocycles. The van der Waals surface area contributed by atoms with E-state index >= 15 is 9.59 Å². The lowest BCUT2D eigenvalue weighted by molar-refractivity contribution is -0.187. The smallest absolute Gasteiger partial charge is 0.313 e. The number of Topliss-reactive ketones (excluding diaryl/α,β-unsaturated/α-hetero) is 1. The molecular weight excluding hydrogens is 767 g/mol. The molecule has 7 aliphatic carbocycles. The van der Waals surface area contributed by atoms with Gasteiger partial charge in [-0.2, -0.15) is 0 Å². The van der Waals surface area contributed by atoms with Gasteiger partial charge in [0.15, 0.2) is 11.4 Å². The zero-order valence-corrected chi connectivity index (χ0v) is 36.4. The van der Waals surface area contributed by atoms with Crippen molar-refractivity contribution in [3.8, 4) is 0 Å². The summed E-state index contributed by atoms with van der Waals surface area (Å²) >= 11 is 1.55. The Hall–Kier alpha value is -4.11. The minimum Gasteiger partial charge on any atom is -0.448 e. The number of ether oxygens (including phenoxy) is 1. The number of hydrogen-bond donors (Lipinski definition) is 2. The van der Waals surface area contributed by atoms with Crippen molar-refractivity contribution >= 4 is 49.9 Å². The summed E-state index contributed by atoms with van der Waals surface area (Å²) in [6.07, 6.45) is 12.6. The van der Waals surface area contributed by atoms with Gasteiger partial charge in [0.1, 0.15) is 0 Å². The topological polar surface area (TPSA) is 104 Å². The van der Waals surface area contributed by atoms with Crippen molar-refractivity contribution in [1.82, 2.24) is 4.90 Å². The van der Waals surface area contributed by atoms with Crippen LogP contribution in [0.4, 0.5) is 0 Å². The number of rotatable bonds is 7. The molecule has 312 valence electrons. The van der Waals surface area contributed by atoms with Gasteiger partial charge in [0, 0.05) is 38.5 Å². The van der Waals surface area contributed by atoms with Crippen LogP contribution in [0.2, 0.25) is 0 Å². The van der Waals surface area contributed by atoms with Crippen molar-refractivity contribution in [3.05, 3.63) is 107 Å². The third-order valence-corrected chi connectivity index (χ3v) is 20.1. The van der Waals surface area contributed by atoms with Gasteiger partial charge in [0.2, 0.25) is 0 Å². The highest BCUT2D eigenvalue weighted by Crippen LogP contribution is 2.78. The summed E-state index contributed by atoms with van der Waals surface area (Å²) in [5.41, 5.74) is -4.19. The molecule has 2 spiro atoms. The first kappa shape index (κ1) is 38.8. The van der Waals surface area contributed by atoms with Gasteiger partial charge in [-0.25, -0.2) is 0 Å². The molecule has 10 atom stereocenters. The second-order valence-electron chi connectivity index (χ2n) is 21.3. The number of allylic oxidation sites excluding steroid dienone is 4. The molecule has 4 aromatic rings. The van der Waals surface area contributed by atoms with Crippen LogP contribution < -0.4 is 0 Å². The van der Waals surface area contributed by atoms with E-state index in [1.54, 1.807) is 11.3 Å². The SMILES string of the molecule is CC1(C)[C@@]2(C)CC[C@]1(C(=O)N(Cc1cccc3ccccc13)C[C@]1(O)CC[C@H]3[C@]45C=C[C@@]6(C=C4C(=O)c4cc7ccccc7s4)CC(O)CC[C@]6(C)[C@H]5CC[C@@]31C)OC2=O. The molecule has 4 saturated carbocycles. The molecule has 1 unspecified atom stereocenters. The molecule has 60 heavy (non-hydrogen) atoms. The second-order valence-corrected chi connectivity index (χ2v) is 22.3. The molecule has 5 fully saturated rings. The molecule has 1 saturated heterocycles. The summed E-state index contributed by atoms with van der Waals surface area (Å²) in [5, 5.41) is 28.0. The predicted molar refractivity (Wildman–Crippen MR) is 234 cm³/mol. The van der Waals surface area contributed by atoms with Crippen LogP contribution in [0.25, 0.3) is 20.9 Å². The molecule has 8 heteroatoms. The maximum absolute atomic E-state index is 15.6. The first-order chi connectivity index (χ1) is 28.5. The number of aliphatic hydroxyl groups excluding tert-OH is 1. The summed E-state index contributed by atoms with van der Waals surface area (Å²) in [4.78, 5) is 47.0. The van der Waals surface area contributed by atoms with Crippen LogP contribution in [0, 0.1) is 44.3 Å². The zero-order chi connectivity index (χ0) is 41.9. The van der Waals surface area contributed by atoms with Gasteiger partial charge >= 0.3 is 5.97 Å². The van der Waals surface area contributed by atoms with Crippen molar-refractivity contribution in [3.63, 3.8) is 0 Å². The monoisotopic (exact) mass is 823 g/mol. The number of esters is 1. The van der Waals surface area contributed by atoms with E-state index < -0.39 is 44.4 Å². The van der Waals surface area contributed by atoms with Crippen LogP contribution in [-0.2, 0) is 20.9 Å². The highest BCUT2D eigenvalue weighted by molar-refractivity contribution is 7.21. The van der Waals surface area contributed by atoms with Gasteiger partial charge in [0.05, 0.1) is 28.5 Å². The van der Waals surface area contributed by atoms with E-state index in [1.165, 1.54) is 0 Å². The number of fused-ring (bicyclic) bond motifs is 5. The van der Waals surface area contributed by atoms with Crippen molar-refractivity contribution in [2.24, 2.45) is 44.3 Å². The summed E-state index contributed by atoms with van der Waals surface area (Å²) in [7, 11) is 0. The van der Waals surface area contributed by atoms with E-state index in [4.69, 9.17) is 4.74 Å². The van der Waals surface area contributed by atoms with E-state index in [0.717, 1.165) is 62.6 Å². The molecule has 1 aromatic heterocycles. The second kappa shape index (κ2) is 12.3. The Balaban J connectivity index is 1.02. The first-order valence-electron chi connectivity index (χ1n) is 22.3. The summed E-state index contributed by atoms with van der Waals surface area (Å²) < 4.78 is 7.35. The van der Waals surface area contributed by atoms with Crippen molar-refractivity contribution in [2.45, 2.75) is 116 Å². The van der Waals surface area contributed by atoms with E-state index in [9.17, 15) is 15.0 Å². The maximum Gasteiger partial charge on any atom is 0.313 e. The Bertz CT molecular complexity index is 2570. The van der Waals surface area contributed by atoms with E-state index in [-0.39, 0.29) is 48.0 Å². The van der Waals surface area contributed by atoms with Gasteiger partial charge in [-0.15, -0.1) is 11.3 Å². The fraction of sp³-hybridized carbons (Fsp3) is 0.519. The standard InChI is InChI=1S/C52H57NO6S/c1-45(2)48(5)23-26-52(45,59-44(48)57)43(56)53(30-34-14-10-13-32-11-6-8-15-36(32)34)31-50(58)22-19-41-47(50,4)21-18-40-46(3)20-17-35(54)28-49(46)24-25-51(40,41)37(29-49)42(55)39-27-33-12-7-9-16-38(33)60-39/h6-16,24-25,27,29,35,40-41,54,58H,17-23,26,28,30-31H2,1-5H3/t35?,40-,41-,46-,47+,48+,49+,50-,51-,52-/m1/s1. The Morgan fingerprint density at radius 2 is 1.52 bits per heavy atom. The number of ketones is 1. The number of hydrogen-bond acceptors (Lipinski definition) is 7. The number of carbonyl (C=O) groups is 3. The largest absolute Gasteiger partial charge is 0.448 e. The molecule has 0 radical (unpaired) electrons. The molecule has 1 amide bonds. The van der Waals surface area contributed by atoms with Gasteiger partial charge in [-0.05, 0) is 116 Å². The first-order valence-corrected chi connectivity index (χ1v) is 23.2. The fourth-order valence-electron chi connectivity index (χ4n) is 15.0. The molecule has 7 nitrogen and oxygen atoms in total. The molecular formula is C52H57NO6S. The average molecular weight is 824 g/mol. The molecule has 2 N–H and O–H groups in total. The molecule has 3 aromatic carbocycles. The number of carbonyl (C=O) groups excluding carboxylic acids is 3. The van der Waals surface area contributed by atoms with E-state index in [2.05, 4.69) is 68.5 Å². The van der Waals surface area contributed by atoms with Crippen molar-refractivity contribution < 1.29 is 29.3 Å². The van der Waals surface area contributed by atoms with E-state index in [1.807, 2.05) is 62.1 Å². The summed E-state index contributed by atoms with van der Waals surface area (Å²) in [6, 6.07) is 24.6. The van der Waals surface area contributed by atoms with Crippen LogP contribution in [0.5, 0.6) is 0 Å². The minimum atomic E-state index is -1.33. The molecule has 4 bridgehead atoms. The lowest BCUT2D eigenvalue weighted by Gasteiger charge is -2.71. The lowest BCUT2D eigenvalue weighted by Crippen LogP contribution is -2.67. The molecule has 12 rings (SSSR count). The lowest BCUT2D eigenvalue weighted by atomic mass is 9.32. The summed E-state index contributed by atoms with van der Waals surface area (Å²) in [5.74, 6) is -0.391. The normalized spacial score (nSPS) is 40.5. The van der Waals surface area contributed by atoms with Gasteiger partial charge in [-0.1, -0.05) is 107 Å². The third-order valence-electron chi connectivity index (χ3n) is 19.0. The number of amides is 1. The van der Waals surface area contributed by atoms with Crippen molar-refractivity contribution in [2.75, 3.05) is 6.54 Å². The number of nitrogens with zero attached hydrogens (tertiary/aromatic N) is 1. The van der Waals surface area contributed by atoms with Crippen LogP contribution in [-0.4, -0.2) is 56.6 Å². The maximum atomic E-state index is 15.6. The van der Waals surface area contributed by atoms with Gasteiger partial charge in [0.25, 0.3) is 5.91 Å². The Labute approximate surface area is 356 Å². The Morgan fingerprint density at radius 3 is 2.27 bits per heavy atom. The zero-order valence-electron chi connectivity index (χ0n) is 35.6. The van der Waals surface area contributed by atoms with Crippen LogP contribution >= 0.6 is 11.3 Å². The highest BCUT2D eigenvalue weighted by Gasteiger charge is 2.78. The number of aliphatic hydroxyl groups is 2. The molecule has 8 aliphatic rings.